The second kappa shape index (κ2) is 7.89. The van der Waals surface area contributed by atoms with Gasteiger partial charge in [0.25, 0.3) is 0 Å². The molecule has 0 aliphatic rings. The third-order valence-corrected chi connectivity index (χ3v) is 3.60. The van der Waals surface area contributed by atoms with E-state index in [0.717, 1.165) is 25.1 Å². The fourth-order valence-corrected chi connectivity index (χ4v) is 2.46. The first kappa shape index (κ1) is 15.6. The van der Waals surface area contributed by atoms with Gasteiger partial charge < -0.3 is 14.5 Å². The third-order valence-electron chi connectivity index (χ3n) is 3.60. The molecule has 114 valence electrons. The molecule has 0 saturated heterocycles. The number of hydrogen-bond acceptors (Lipinski definition) is 3. The Labute approximate surface area is 127 Å². The van der Waals surface area contributed by atoms with Gasteiger partial charge in [-0.05, 0) is 54.6 Å². The van der Waals surface area contributed by atoms with E-state index in [-0.39, 0.29) is 0 Å². The molecule has 1 N–H and O–H groups in total. The molecule has 1 aromatic carbocycles. The van der Waals surface area contributed by atoms with E-state index in [4.69, 9.17) is 9.15 Å². The highest BCUT2D eigenvalue weighted by molar-refractivity contribution is 5.27. The number of ether oxygens (including phenoxy) is 1. The summed E-state index contributed by atoms with van der Waals surface area (Å²) in [5, 5.41) is 3.55. The van der Waals surface area contributed by atoms with E-state index in [0.29, 0.717) is 12.0 Å². The Morgan fingerprint density at radius 3 is 2.33 bits per heavy atom. The molecular formula is C18H25NO2. The van der Waals surface area contributed by atoms with E-state index in [1.807, 2.05) is 18.4 Å². The Bertz CT molecular complexity index is 503. The standard InChI is InChI=1S/C18H25NO2/c1-14(2)19-12-17(11-16-8-9-21-13-16)10-15-4-6-18(20-3)7-5-15/h4-9,13-14,17,19H,10-12H2,1-3H3. The lowest BCUT2D eigenvalue weighted by Crippen LogP contribution is -2.31. The predicted octanol–water partition coefficient (Wildman–Crippen LogP) is 3.69. The average Bonchev–Trinajstić information content (AvgIpc) is 2.98. The molecule has 1 heterocycles. The first-order valence-corrected chi connectivity index (χ1v) is 7.54. The van der Waals surface area contributed by atoms with Gasteiger partial charge in [0.05, 0.1) is 19.6 Å². The van der Waals surface area contributed by atoms with E-state index in [9.17, 15) is 0 Å². The molecule has 3 heteroatoms. The molecule has 0 aliphatic heterocycles. The Kier molecular flexibility index (Phi) is 5.88. The maximum Gasteiger partial charge on any atom is 0.118 e. The van der Waals surface area contributed by atoms with Crippen LogP contribution in [-0.4, -0.2) is 19.7 Å². The Morgan fingerprint density at radius 2 is 1.76 bits per heavy atom. The fourth-order valence-electron chi connectivity index (χ4n) is 2.46. The molecule has 1 unspecified atom stereocenters. The minimum absolute atomic E-state index is 0.507. The van der Waals surface area contributed by atoms with Gasteiger partial charge in [-0.3, -0.25) is 0 Å². The SMILES string of the molecule is COc1ccc(CC(CNC(C)C)Cc2ccoc2)cc1. The van der Waals surface area contributed by atoms with Crippen LogP contribution in [0, 0.1) is 5.92 Å². The van der Waals surface area contributed by atoms with Crippen LogP contribution in [0.3, 0.4) is 0 Å². The molecule has 0 amide bonds. The zero-order valence-corrected chi connectivity index (χ0v) is 13.1. The van der Waals surface area contributed by atoms with Crippen molar-refractivity contribution in [3.8, 4) is 5.75 Å². The van der Waals surface area contributed by atoms with E-state index >= 15 is 0 Å². The van der Waals surface area contributed by atoms with Gasteiger partial charge in [-0.2, -0.15) is 0 Å². The van der Waals surface area contributed by atoms with Gasteiger partial charge in [-0.1, -0.05) is 26.0 Å². The summed E-state index contributed by atoms with van der Waals surface area (Å²) >= 11 is 0. The van der Waals surface area contributed by atoms with E-state index < -0.39 is 0 Å². The molecule has 0 saturated carbocycles. The number of rotatable bonds is 8. The topological polar surface area (TPSA) is 34.4 Å². The number of methoxy groups -OCH3 is 1. The normalized spacial score (nSPS) is 12.6. The minimum Gasteiger partial charge on any atom is -0.497 e. The molecule has 1 aromatic heterocycles. The van der Waals surface area contributed by atoms with Crippen molar-refractivity contribution in [2.45, 2.75) is 32.7 Å². The summed E-state index contributed by atoms with van der Waals surface area (Å²) in [6.07, 6.45) is 5.67. The lowest BCUT2D eigenvalue weighted by atomic mass is 9.93. The molecule has 1 atom stereocenters. The fraction of sp³-hybridized carbons (Fsp3) is 0.444. The highest BCUT2D eigenvalue weighted by Gasteiger charge is 2.12. The van der Waals surface area contributed by atoms with Crippen molar-refractivity contribution in [3.05, 3.63) is 54.0 Å². The molecule has 2 rings (SSSR count). The van der Waals surface area contributed by atoms with Crippen molar-refractivity contribution < 1.29 is 9.15 Å². The van der Waals surface area contributed by atoms with Gasteiger partial charge in [0.1, 0.15) is 5.75 Å². The largest absolute Gasteiger partial charge is 0.497 e. The van der Waals surface area contributed by atoms with Crippen molar-refractivity contribution >= 4 is 0 Å². The Balaban J connectivity index is 1.99. The van der Waals surface area contributed by atoms with Crippen molar-refractivity contribution in [2.24, 2.45) is 5.92 Å². The summed E-state index contributed by atoms with van der Waals surface area (Å²) in [6, 6.07) is 10.9. The first-order chi connectivity index (χ1) is 10.2. The number of benzene rings is 1. The van der Waals surface area contributed by atoms with Crippen LogP contribution < -0.4 is 10.1 Å². The van der Waals surface area contributed by atoms with E-state index in [1.165, 1.54) is 11.1 Å². The van der Waals surface area contributed by atoms with Crippen LogP contribution in [0.1, 0.15) is 25.0 Å². The maximum atomic E-state index is 5.21. The quantitative estimate of drug-likeness (QED) is 0.804. The van der Waals surface area contributed by atoms with Crippen LogP contribution in [0.25, 0.3) is 0 Å². The van der Waals surface area contributed by atoms with Gasteiger partial charge in [0, 0.05) is 6.04 Å². The van der Waals surface area contributed by atoms with Crippen molar-refractivity contribution in [2.75, 3.05) is 13.7 Å². The van der Waals surface area contributed by atoms with Gasteiger partial charge >= 0.3 is 0 Å². The summed E-state index contributed by atoms with van der Waals surface area (Å²) in [7, 11) is 1.70. The molecule has 0 aliphatic carbocycles. The average molecular weight is 287 g/mol. The second-order valence-corrected chi connectivity index (χ2v) is 5.82. The smallest absolute Gasteiger partial charge is 0.118 e. The monoisotopic (exact) mass is 287 g/mol. The Hall–Kier alpha value is -1.74. The molecule has 0 radical (unpaired) electrons. The van der Waals surface area contributed by atoms with E-state index in [2.05, 4.69) is 37.4 Å². The van der Waals surface area contributed by atoms with Crippen LogP contribution in [-0.2, 0) is 12.8 Å². The molecule has 3 nitrogen and oxygen atoms in total. The van der Waals surface area contributed by atoms with Crippen molar-refractivity contribution in [3.63, 3.8) is 0 Å². The zero-order chi connectivity index (χ0) is 15.1. The molecular weight excluding hydrogens is 262 g/mol. The van der Waals surface area contributed by atoms with Gasteiger partial charge in [-0.15, -0.1) is 0 Å². The van der Waals surface area contributed by atoms with E-state index in [1.54, 1.807) is 13.4 Å². The number of hydrogen-bond donors (Lipinski definition) is 1. The summed E-state index contributed by atoms with van der Waals surface area (Å²) in [6.45, 7) is 5.37. The third kappa shape index (κ3) is 5.27. The van der Waals surface area contributed by atoms with Crippen LogP contribution in [0.4, 0.5) is 0 Å². The number of furan rings is 1. The van der Waals surface area contributed by atoms with Crippen LogP contribution >= 0.6 is 0 Å². The van der Waals surface area contributed by atoms with Gasteiger partial charge in [0.2, 0.25) is 0 Å². The highest BCUT2D eigenvalue weighted by Crippen LogP contribution is 2.18. The van der Waals surface area contributed by atoms with Gasteiger partial charge in [-0.25, -0.2) is 0 Å². The molecule has 0 spiro atoms. The Morgan fingerprint density at radius 1 is 1.05 bits per heavy atom. The first-order valence-electron chi connectivity index (χ1n) is 7.54. The second-order valence-electron chi connectivity index (χ2n) is 5.82. The summed E-state index contributed by atoms with van der Waals surface area (Å²) < 4.78 is 10.4. The molecule has 0 bridgehead atoms. The van der Waals surface area contributed by atoms with Crippen LogP contribution in [0.2, 0.25) is 0 Å². The zero-order valence-electron chi connectivity index (χ0n) is 13.1. The predicted molar refractivity (Wildman–Crippen MR) is 85.7 cm³/mol. The molecule has 2 aromatic rings. The molecule has 0 fully saturated rings. The highest BCUT2D eigenvalue weighted by atomic mass is 16.5. The van der Waals surface area contributed by atoms with Crippen molar-refractivity contribution in [1.29, 1.82) is 0 Å². The van der Waals surface area contributed by atoms with Crippen LogP contribution in [0.5, 0.6) is 5.75 Å². The van der Waals surface area contributed by atoms with Crippen molar-refractivity contribution in [1.82, 2.24) is 5.32 Å². The maximum absolute atomic E-state index is 5.21. The summed E-state index contributed by atoms with van der Waals surface area (Å²) in [5.41, 5.74) is 2.61. The summed E-state index contributed by atoms with van der Waals surface area (Å²) in [4.78, 5) is 0. The van der Waals surface area contributed by atoms with Gasteiger partial charge in [0.15, 0.2) is 0 Å². The lowest BCUT2D eigenvalue weighted by molar-refractivity contribution is 0.414. The van der Waals surface area contributed by atoms with Crippen LogP contribution in [0.15, 0.2) is 47.3 Å². The number of nitrogens with one attached hydrogen (secondary N) is 1. The lowest BCUT2D eigenvalue weighted by Gasteiger charge is -2.19. The summed E-state index contributed by atoms with van der Waals surface area (Å²) in [5.74, 6) is 1.46. The minimum atomic E-state index is 0.507. The molecule has 21 heavy (non-hydrogen) atoms.